The van der Waals surface area contributed by atoms with Crippen molar-refractivity contribution in [2.45, 2.75) is 71.0 Å². The van der Waals surface area contributed by atoms with Crippen molar-refractivity contribution < 1.29 is 9.59 Å². The summed E-state index contributed by atoms with van der Waals surface area (Å²) in [5.41, 5.74) is 0.246. The first-order chi connectivity index (χ1) is 11.3. The second kappa shape index (κ2) is 9.35. The monoisotopic (exact) mass is 422 g/mol. The minimum absolute atomic E-state index is 0. The van der Waals surface area contributed by atoms with Crippen LogP contribution in [-0.4, -0.2) is 34.9 Å². The summed E-state index contributed by atoms with van der Waals surface area (Å²) in [7, 11) is 0. The summed E-state index contributed by atoms with van der Waals surface area (Å²) >= 11 is 1.36. The molecule has 2 bridgehead atoms. The Kier molecular flexibility index (Phi) is 8.33. The highest BCUT2D eigenvalue weighted by Crippen LogP contribution is 2.27. The van der Waals surface area contributed by atoms with Gasteiger partial charge in [0.05, 0.1) is 12.1 Å². The largest absolute Gasteiger partial charge is 0.353 e. The second-order valence-electron chi connectivity index (χ2n) is 7.90. The molecule has 26 heavy (non-hydrogen) atoms. The minimum atomic E-state index is -0.461. The first-order valence-electron chi connectivity index (χ1n) is 8.61. The molecule has 0 radical (unpaired) electrons. The first-order valence-corrected chi connectivity index (χ1v) is 9.49. The molecule has 1 aromatic heterocycles. The van der Waals surface area contributed by atoms with Gasteiger partial charge in [0.1, 0.15) is 0 Å². The Morgan fingerprint density at radius 2 is 1.85 bits per heavy atom. The molecule has 2 aliphatic rings. The third kappa shape index (κ3) is 6.08. The van der Waals surface area contributed by atoms with Crippen molar-refractivity contribution in [2.24, 2.45) is 5.41 Å². The standard InChI is InChI=1S/C17H26N4O2S.2ClH/c1-17(2,3)15(23)21-16-20-13(9-24-16)8-14(22)19-12-6-10-4-5-11(7-12)18-10;;/h9-12,18H,4-8H2,1-3H3,(H,19,22)(H,20,21,23);2*1H. The SMILES string of the molecule is CC(C)(C)C(=O)Nc1nc(CC(=O)NC2CC3CCC(C2)N3)cs1.Cl.Cl. The molecule has 9 heteroatoms. The summed E-state index contributed by atoms with van der Waals surface area (Å²) in [6.07, 6.45) is 4.75. The fourth-order valence-corrected chi connectivity index (χ4v) is 4.05. The number of anilines is 1. The summed E-state index contributed by atoms with van der Waals surface area (Å²) in [6.45, 7) is 5.57. The highest BCUT2D eigenvalue weighted by atomic mass is 35.5. The van der Waals surface area contributed by atoms with Crippen LogP contribution in [0.4, 0.5) is 5.13 Å². The van der Waals surface area contributed by atoms with Crippen molar-refractivity contribution in [3.63, 3.8) is 0 Å². The van der Waals surface area contributed by atoms with Crippen LogP contribution >= 0.6 is 36.2 Å². The molecule has 0 saturated carbocycles. The van der Waals surface area contributed by atoms with E-state index in [0.717, 1.165) is 12.8 Å². The Balaban J connectivity index is 0.00000169. The molecule has 2 amide bonds. The van der Waals surface area contributed by atoms with Crippen LogP contribution in [0.3, 0.4) is 0 Å². The van der Waals surface area contributed by atoms with Crippen molar-refractivity contribution in [3.8, 4) is 0 Å². The van der Waals surface area contributed by atoms with Gasteiger partial charge in [-0.05, 0) is 25.7 Å². The lowest BCUT2D eigenvalue weighted by Gasteiger charge is -2.29. The van der Waals surface area contributed by atoms with Crippen molar-refractivity contribution in [3.05, 3.63) is 11.1 Å². The van der Waals surface area contributed by atoms with E-state index in [1.165, 1.54) is 24.2 Å². The number of thiazole rings is 1. The average molecular weight is 423 g/mol. The Morgan fingerprint density at radius 1 is 1.23 bits per heavy atom. The Bertz CT molecular complexity index is 621. The van der Waals surface area contributed by atoms with Gasteiger partial charge in [-0.1, -0.05) is 20.8 Å². The normalized spacial score (nSPS) is 24.2. The zero-order valence-corrected chi connectivity index (χ0v) is 17.8. The van der Waals surface area contributed by atoms with Crippen molar-refractivity contribution in [1.82, 2.24) is 15.6 Å². The molecule has 6 nitrogen and oxygen atoms in total. The van der Waals surface area contributed by atoms with Crippen LogP contribution in [0.5, 0.6) is 0 Å². The van der Waals surface area contributed by atoms with E-state index >= 15 is 0 Å². The van der Waals surface area contributed by atoms with Crippen LogP contribution in [0.15, 0.2) is 5.38 Å². The Labute approximate surface area is 171 Å². The highest BCUT2D eigenvalue weighted by molar-refractivity contribution is 7.13. The predicted octanol–water partition coefficient (Wildman–Crippen LogP) is 2.91. The maximum absolute atomic E-state index is 12.3. The van der Waals surface area contributed by atoms with Crippen LogP contribution < -0.4 is 16.0 Å². The highest BCUT2D eigenvalue weighted by Gasteiger charge is 2.34. The molecule has 3 heterocycles. The average Bonchev–Trinajstić information content (AvgIpc) is 3.04. The molecule has 0 spiro atoms. The smallest absolute Gasteiger partial charge is 0.231 e. The molecule has 2 aliphatic heterocycles. The zero-order chi connectivity index (χ0) is 17.3. The van der Waals surface area contributed by atoms with E-state index in [-0.39, 0.29) is 49.1 Å². The van der Waals surface area contributed by atoms with Gasteiger partial charge in [-0.25, -0.2) is 4.98 Å². The number of halogens is 2. The minimum Gasteiger partial charge on any atom is -0.353 e. The Morgan fingerprint density at radius 3 is 2.42 bits per heavy atom. The van der Waals surface area contributed by atoms with Gasteiger partial charge in [-0.3, -0.25) is 9.59 Å². The van der Waals surface area contributed by atoms with Gasteiger partial charge >= 0.3 is 0 Å². The summed E-state index contributed by atoms with van der Waals surface area (Å²) in [4.78, 5) is 28.6. The van der Waals surface area contributed by atoms with E-state index in [9.17, 15) is 9.59 Å². The molecule has 3 N–H and O–H groups in total. The van der Waals surface area contributed by atoms with Crippen molar-refractivity contribution in [1.29, 1.82) is 0 Å². The number of carbonyl (C=O) groups is 2. The number of nitrogens with one attached hydrogen (secondary N) is 3. The molecule has 1 aromatic rings. The number of amides is 2. The molecule has 148 valence electrons. The summed E-state index contributed by atoms with van der Waals surface area (Å²) < 4.78 is 0. The van der Waals surface area contributed by atoms with Gasteiger partial charge in [0, 0.05) is 28.9 Å². The predicted molar refractivity (Wildman–Crippen MR) is 110 cm³/mol. The maximum atomic E-state index is 12.3. The van der Waals surface area contributed by atoms with Gasteiger partial charge in [-0.2, -0.15) is 0 Å². The van der Waals surface area contributed by atoms with E-state index in [1.54, 1.807) is 0 Å². The fourth-order valence-electron chi connectivity index (χ4n) is 3.35. The lowest BCUT2D eigenvalue weighted by Crippen LogP contribution is -2.48. The molecular weight excluding hydrogens is 395 g/mol. The second-order valence-corrected chi connectivity index (χ2v) is 8.76. The van der Waals surface area contributed by atoms with E-state index in [2.05, 4.69) is 20.9 Å². The van der Waals surface area contributed by atoms with Gasteiger partial charge in [0.2, 0.25) is 11.8 Å². The summed E-state index contributed by atoms with van der Waals surface area (Å²) in [6, 6.07) is 1.40. The molecule has 2 saturated heterocycles. The third-order valence-electron chi connectivity index (χ3n) is 4.63. The summed E-state index contributed by atoms with van der Waals surface area (Å²) in [5, 5.41) is 11.9. The number of carbonyl (C=O) groups excluding carboxylic acids is 2. The van der Waals surface area contributed by atoms with Crippen molar-refractivity contribution >= 4 is 53.1 Å². The maximum Gasteiger partial charge on any atom is 0.231 e. The molecular formula is C17H28Cl2N4O2S. The van der Waals surface area contributed by atoms with Gasteiger partial charge in [0.15, 0.2) is 5.13 Å². The lowest BCUT2D eigenvalue weighted by molar-refractivity contribution is -0.123. The third-order valence-corrected chi connectivity index (χ3v) is 5.44. The quantitative estimate of drug-likeness (QED) is 0.696. The number of piperidine rings is 1. The van der Waals surface area contributed by atoms with Crippen LogP contribution in [0.1, 0.15) is 52.1 Å². The van der Waals surface area contributed by atoms with Gasteiger partial charge in [0.25, 0.3) is 0 Å². The molecule has 0 aromatic carbocycles. The Hall–Kier alpha value is -0.890. The van der Waals surface area contributed by atoms with E-state index in [1.807, 2.05) is 26.2 Å². The molecule has 2 fully saturated rings. The van der Waals surface area contributed by atoms with E-state index < -0.39 is 5.41 Å². The van der Waals surface area contributed by atoms with Crippen LogP contribution in [0.2, 0.25) is 0 Å². The fraction of sp³-hybridized carbons (Fsp3) is 0.706. The van der Waals surface area contributed by atoms with Crippen LogP contribution in [0, 0.1) is 5.41 Å². The summed E-state index contributed by atoms with van der Waals surface area (Å²) in [5.74, 6) is -0.0571. The van der Waals surface area contributed by atoms with Crippen LogP contribution in [-0.2, 0) is 16.0 Å². The number of fused-ring (bicyclic) bond motifs is 2. The molecule has 3 rings (SSSR count). The number of hydrogen-bond donors (Lipinski definition) is 3. The number of rotatable bonds is 4. The van der Waals surface area contributed by atoms with Crippen molar-refractivity contribution in [2.75, 3.05) is 5.32 Å². The van der Waals surface area contributed by atoms with E-state index in [4.69, 9.17) is 0 Å². The first kappa shape index (κ1) is 23.1. The number of aromatic nitrogens is 1. The van der Waals surface area contributed by atoms with E-state index in [0.29, 0.717) is 22.9 Å². The molecule has 0 aliphatic carbocycles. The topological polar surface area (TPSA) is 83.1 Å². The zero-order valence-electron chi connectivity index (χ0n) is 15.3. The number of nitrogens with zero attached hydrogens (tertiary/aromatic N) is 1. The van der Waals surface area contributed by atoms with Gasteiger partial charge in [-0.15, -0.1) is 36.2 Å². The molecule has 2 atom stereocenters. The van der Waals surface area contributed by atoms with Gasteiger partial charge < -0.3 is 16.0 Å². The number of hydrogen-bond acceptors (Lipinski definition) is 5. The molecule has 2 unspecified atom stereocenters. The lowest BCUT2D eigenvalue weighted by atomic mass is 9.96. The van der Waals surface area contributed by atoms with Crippen LogP contribution in [0.25, 0.3) is 0 Å².